The minimum absolute atomic E-state index is 0.0116. The van der Waals surface area contributed by atoms with Crippen molar-refractivity contribution >= 4 is 29.5 Å². The lowest BCUT2D eigenvalue weighted by atomic mass is 9.64. The molecule has 2 saturated heterocycles. The quantitative estimate of drug-likeness (QED) is 0.113. The van der Waals surface area contributed by atoms with Gasteiger partial charge in [-0.15, -0.1) is 0 Å². The van der Waals surface area contributed by atoms with E-state index in [1.807, 2.05) is 127 Å². The Balaban J connectivity index is 1.18. The second-order valence-corrected chi connectivity index (χ2v) is 19.5. The van der Waals surface area contributed by atoms with Crippen molar-refractivity contribution in [3.05, 3.63) is 202 Å². The van der Waals surface area contributed by atoms with Gasteiger partial charge in [0.1, 0.15) is 23.3 Å². The molecule has 6 aromatic carbocycles. The molecule has 0 radical (unpaired) electrons. The lowest BCUT2D eigenvalue weighted by molar-refractivity contribution is -0.179. The number of esters is 1. The van der Waals surface area contributed by atoms with Gasteiger partial charge in [-0.2, -0.15) is 0 Å². The Morgan fingerprint density at radius 2 is 1.42 bits per heavy atom. The van der Waals surface area contributed by atoms with Gasteiger partial charge in [-0.25, -0.2) is 9.69 Å². The van der Waals surface area contributed by atoms with E-state index in [9.17, 15) is 5.11 Å². The first-order valence-electron chi connectivity index (χ1n) is 25.1. The number of amides is 4. The molecule has 73 heavy (non-hydrogen) atoms. The van der Waals surface area contributed by atoms with Crippen molar-refractivity contribution in [1.29, 1.82) is 0 Å². The molecule has 4 amide bonds. The Labute approximate surface area is 425 Å². The Bertz CT molecular complexity index is 3210. The molecule has 4 aliphatic heterocycles. The number of ether oxygens (including phenoxy) is 3. The van der Waals surface area contributed by atoms with Crippen molar-refractivity contribution in [2.24, 2.45) is 5.92 Å². The number of nitrogens with one attached hydrogen (secondary N) is 1. The fourth-order valence-electron chi connectivity index (χ4n) is 12.1. The van der Waals surface area contributed by atoms with Gasteiger partial charge in [0.15, 0.2) is 11.5 Å². The molecule has 0 unspecified atom stereocenters. The van der Waals surface area contributed by atoms with Crippen LogP contribution in [0.25, 0.3) is 0 Å². The summed E-state index contributed by atoms with van der Waals surface area (Å²) in [5.74, 6) is 4.57. The summed E-state index contributed by atoms with van der Waals surface area (Å²) in [6.07, 6.45) is 5.65. The molecule has 1 spiro atoms. The van der Waals surface area contributed by atoms with Crippen LogP contribution in [0.3, 0.4) is 0 Å². The number of rotatable bonds is 8. The zero-order chi connectivity index (χ0) is 50.4. The van der Waals surface area contributed by atoms with Gasteiger partial charge >= 0.3 is 12.0 Å². The Hall–Kier alpha value is -8.14. The zero-order valence-electron chi connectivity index (χ0n) is 41.0. The van der Waals surface area contributed by atoms with E-state index >= 15 is 19.2 Å². The lowest BCUT2D eigenvalue weighted by Crippen LogP contribution is -2.57. The average molecular weight is 973 g/mol. The Morgan fingerprint density at radius 1 is 0.753 bits per heavy atom. The molecule has 11 rings (SSSR count). The highest BCUT2D eigenvalue weighted by molar-refractivity contribution is 6.24. The van der Waals surface area contributed by atoms with Gasteiger partial charge in [0.2, 0.25) is 11.8 Å². The van der Waals surface area contributed by atoms with Crippen molar-refractivity contribution in [2.75, 3.05) is 25.7 Å². The average Bonchev–Trinajstić information content (AvgIpc) is 3.89. The van der Waals surface area contributed by atoms with Crippen molar-refractivity contribution in [1.82, 2.24) is 15.1 Å². The van der Waals surface area contributed by atoms with Crippen molar-refractivity contribution in [3.8, 4) is 29.1 Å². The van der Waals surface area contributed by atoms with Crippen LogP contribution in [0.1, 0.15) is 101 Å². The number of cyclic esters (lactones) is 1. The molecule has 12 nitrogen and oxygen atoms in total. The number of imide groups is 1. The highest BCUT2D eigenvalue weighted by Gasteiger charge is 2.76. The SMILES string of the molecule is COc1cc2c(cc1OC)CN(C(=O)[C@@H]1[C@H]3C(=O)O[C@H](c4ccccc4)[C@H](c4ccccc4)N3[C@H](c3ccc(O)cc3)[C@@]13C(=O)N(C(=O)N[C@H](C)c1ccccc1)c1ccc(C#CC4=CCCCC4)cc13)CC2. The van der Waals surface area contributed by atoms with Crippen molar-refractivity contribution in [2.45, 2.75) is 81.3 Å². The number of allylic oxidation sites excluding steroid dienone is 2. The smallest absolute Gasteiger partial charge is 0.329 e. The first kappa shape index (κ1) is 47.2. The number of morpholine rings is 1. The van der Waals surface area contributed by atoms with Gasteiger partial charge in [0.05, 0.1) is 44.0 Å². The molecule has 7 atom stereocenters. The third kappa shape index (κ3) is 8.18. The molecule has 0 saturated carbocycles. The van der Waals surface area contributed by atoms with Gasteiger partial charge in [-0.3, -0.25) is 19.3 Å². The number of carbonyl (C=O) groups excluding carboxylic acids is 4. The molecule has 368 valence electrons. The normalized spacial score (nSPS) is 23.5. The van der Waals surface area contributed by atoms with Crippen LogP contribution in [0, 0.1) is 17.8 Å². The number of urea groups is 1. The number of hydrogen-bond acceptors (Lipinski definition) is 9. The van der Waals surface area contributed by atoms with E-state index in [1.54, 1.807) is 49.5 Å². The fourth-order valence-corrected chi connectivity index (χ4v) is 12.1. The second-order valence-electron chi connectivity index (χ2n) is 19.5. The van der Waals surface area contributed by atoms with Gasteiger partial charge in [0, 0.05) is 18.7 Å². The number of anilines is 1. The molecule has 6 aromatic rings. The summed E-state index contributed by atoms with van der Waals surface area (Å²) in [4.78, 5) is 69.4. The summed E-state index contributed by atoms with van der Waals surface area (Å²) in [6.45, 7) is 2.25. The van der Waals surface area contributed by atoms with E-state index < -0.39 is 65.4 Å². The number of aromatic hydroxyl groups is 1. The van der Waals surface area contributed by atoms with Crippen LogP contribution in [0.5, 0.6) is 17.2 Å². The van der Waals surface area contributed by atoms with Gasteiger partial charge in [0.25, 0.3) is 0 Å². The van der Waals surface area contributed by atoms with E-state index in [1.165, 1.54) is 4.90 Å². The summed E-state index contributed by atoms with van der Waals surface area (Å²) in [5.41, 5.74) is 4.97. The van der Waals surface area contributed by atoms with Crippen LogP contribution in [0.15, 0.2) is 157 Å². The summed E-state index contributed by atoms with van der Waals surface area (Å²) in [6, 6.07) is 40.0. The number of benzene rings is 6. The number of phenolic OH excluding ortho intramolecular Hbond substituents is 1. The van der Waals surface area contributed by atoms with Crippen molar-refractivity contribution < 1.29 is 38.5 Å². The fraction of sp³-hybridized carbons (Fsp3) is 0.279. The molecule has 2 N–H and O–H groups in total. The summed E-state index contributed by atoms with van der Waals surface area (Å²) < 4.78 is 18.1. The molecule has 5 aliphatic rings. The molecule has 2 fully saturated rings. The molecule has 0 aromatic heterocycles. The summed E-state index contributed by atoms with van der Waals surface area (Å²) >= 11 is 0. The summed E-state index contributed by atoms with van der Waals surface area (Å²) in [5, 5.41) is 14.0. The second kappa shape index (κ2) is 19.5. The van der Waals surface area contributed by atoms with Crippen LogP contribution in [-0.4, -0.2) is 65.5 Å². The monoisotopic (exact) mass is 972 g/mol. The van der Waals surface area contributed by atoms with Crippen LogP contribution in [-0.2, 0) is 37.5 Å². The molecule has 4 heterocycles. The van der Waals surface area contributed by atoms with Crippen LogP contribution >= 0.6 is 0 Å². The first-order valence-corrected chi connectivity index (χ1v) is 25.1. The topological polar surface area (TPSA) is 138 Å². The lowest BCUT2D eigenvalue weighted by Gasteiger charge is -2.46. The maximum atomic E-state index is 16.9. The van der Waals surface area contributed by atoms with Gasteiger partial charge in [-0.1, -0.05) is 121 Å². The van der Waals surface area contributed by atoms with Crippen LogP contribution in [0.2, 0.25) is 0 Å². The predicted molar refractivity (Wildman–Crippen MR) is 276 cm³/mol. The van der Waals surface area contributed by atoms with E-state index in [2.05, 4.69) is 23.2 Å². The molecule has 12 heteroatoms. The van der Waals surface area contributed by atoms with Crippen molar-refractivity contribution in [3.63, 3.8) is 0 Å². The number of phenols is 1. The molecule has 0 bridgehead atoms. The number of methoxy groups -OCH3 is 2. The minimum Gasteiger partial charge on any atom is -0.508 e. The minimum atomic E-state index is -1.99. The molecule has 1 aliphatic carbocycles. The van der Waals surface area contributed by atoms with E-state index in [4.69, 9.17) is 14.2 Å². The van der Waals surface area contributed by atoms with Gasteiger partial charge in [-0.05, 0) is 126 Å². The Kier molecular flexibility index (Phi) is 12.6. The third-order valence-corrected chi connectivity index (χ3v) is 15.5. The van der Waals surface area contributed by atoms with E-state index in [0.717, 1.165) is 59.1 Å². The number of nitrogens with zero attached hydrogens (tertiary/aromatic N) is 3. The van der Waals surface area contributed by atoms with E-state index in [-0.39, 0.29) is 24.5 Å². The molecular weight excluding hydrogens is 917 g/mol. The zero-order valence-corrected chi connectivity index (χ0v) is 41.0. The van der Waals surface area contributed by atoms with E-state index in [0.29, 0.717) is 34.6 Å². The highest BCUT2D eigenvalue weighted by atomic mass is 16.6. The molecular formula is C61H56N4O8. The maximum absolute atomic E-state index is 16.9. The summed E-state index contributed by atoms with van der Waals surface area (Å²) in [7, 11) is 3.15. The number of hydrogen-bond donors (Lipinski definition) is 2. The number of carbonyl (C=O) groups is 4. The third-order valence-electron chi connectivity index (χ3n) is 15.5. The van der Waals surface area contributed by atoms with Crippen LogP contribution < -0.4 is 19.7 Å². The van der Waals surface area contributed by atoms with Gasteiger partial charge < -0.3 is 29.5 Å². The first-order chi connectivity index (χ1) is 35.6. The Morgan fingerprint density at radius 3 is 2.10 bits per heavy atom. The maximum Gasteiger partial charge on any atom is 0.329 e. The van der Waals surface area contributed by atoms with Crippen LogP contribution in [0.4, 0.5) is 10.5 Å². The standard InChI is InChI=1S/C61H56N4O8/c1-38(41-18-10-5-11-19-41)62-60(70)64-49-31-26-40(25-24-39-16-8-4-9-17-39)34-48(49)61(59(64)69)52(57(67)63-33-32-45-35-50(71-2)51(72-3)36-46(45)37-63)54-58(68)73-55(43-22-14-7-15-23-43)53(42-20-12-6-13-21-42)65(54)56(61)44-27-29-47(66)30-28-44/h5-7,10-16,18-23,26-31,34-36,38,52-56,66H,4,8-9,17,32-33,37H2,1-3H3,(H,62,70)/t38-,52+,53+,54+,55-,56-,61+/m1/s1. The largest absolute Gasteiger partial charge is 0.508 e. The highest BCUT2D eigenvalue weighted by Crippen LogP contribution is 2.66. The predicted octanol–water partition coefficient (Wildman–Crippen LogP) is 9.98. The number of fused-ring (bicyclic) bond motifs is 4.